The van der Waals surface area contributed by atoms with Crippen molar-refractivity contribution in [2.45, 2.75) is 13.8 Å². The van der Waals surface area contributed by atoms with Crippen molar-refractivity contribution in [2.75, 3.05) is 5.32 Å². The molecule has 0 saturated carbocycles. The Hall–Kier alpha value is -2.62. The zero-order chi connectivity index (χ0) is 14.1. The van der Waals surface area contributed by atoms with Crippen LogP contribution in [0.4, 0.5) is 11.7 Å². The zero-order valence-electron chi connectivity index (χ0n) is 11.3. The molecule has 1 aromatic heterocycles. The standard InChI is InChI=1S/C16H14N2O2/c1-10-8-11(2)14-13(9-10)15(19)20-16(18-14)17-12-6-4-3-5-7-12/h3-9H,1-2H3,(H,17,18). The summed E-state index contributed by atoms with van der Waals surface area (Å²) in [6, 6.07) is 13.5. The molecule has 0 saturated heterocycles. The van der Waals surface area contributed by atoms with Gasteiger partial charge in [-0.25, -0.2) is 4.79 Å². The van der Waals surface area contributed by atoms with Gasteiger partial charge in [0.15, 0.2) is 0 Å². The second-order valence-corrected chi connectivity index (χ2v) is 4.78. The van der Waals surface area contributed by atoms with Crippen LogP contribution in [0.3, 0.4) is 0 Å². The Morgan fingerprint density at radius 1 is 1.10 bits per heavy atom. The summed E-state index contributed by atoms with van der Waals surface area (Å²) >= 11 is 0. The first-order valence-corrected chi connectivity index (χ1v) is 6.37. The molecule has 0 aliphatic carbocycles. The van der Waals surface area contributed by atoms with Gasteiger partial charge < -0.3 is 9.73 Å². The van der Waals surface area contributed by atoms with Crippen molar-refractivity contribution in [3.05, 3.63) is 64.0 Å². The van der Waals surface area contributed by atoms with Crippen molar-refractivity contribution in [2.24, 2.45) is 0 Å². The SMILES string of the molecule is Cc1cc(C)c2nc(Nc3ccccc3)oc(=O)c2c1. The first-order valence-electron chi connectivity index (χ1n) is 6.37. The number of rotatable bonds is 2. The second-order valence-electron chi connectivity index (χ2n) is 4.78. The summed E-state index contributed by atoms with van der Waals surface area (Å²) in [5, 5.41) is 3.52. The Bertz CT molecular complexity index is 823. The first-order chi connectivity index (χ1) is 9.63. The van der Waals surface area contributed by atoms with Crippen LogP contribution >= 0.6 is 0 Å². The average Bonchev–Trinajstić information content (AvgIpc) is 2.41. The van der Waals surface area contributed by atoms with Gasteiger partial charge in [-0.15, -0.1) is 0 Å². The number of benzene rings is 2. The van der Waals surface area contributed by atoms with Crippen LogP contribution in [-0.4, -0.2) is 4.98 Å². The number of nitrogens with one attached hydrogen (secondary N) is 1. The van der Waals surface area contributed by atoms with E-state index in [1.807, 2.05) is 50.2 Å². The first kappa shape index (κ1) is 12.4. The molecule has 2 aromatic carbocycles. The highest BCUT2D eigenvalue weighted by atomic mass is 16.4. The molecule has 1 N–H and O–H groups in total. The number of nitrogens with zero attached hydrogens (tertiary/aromatic N) is 1. The normalized spacial score (nSPS) is 10.7. The Morgan fingerprint density at radius 3 is 2.60 bits per heavy atom. The van der Waals surface area contributed by atoms with Crippen LogP contribution in [0, 0.1) is 13.8 Å². The molecule has 0 aliphatic heterocycles. The van der Waals surface area contributed by atoms with Crippen molar-refractivity contribution in [1.82, 2.24) is 4.98 Å². The fraction of sp³-hybridized carbons (Fsp3) is 0.125. The fourth-order valence-corrected chi connectivity index (χ4v) is 2.23. The Kier molecular flexibility index (Phi) is 2.99. The third-order valence-corrected chi connectivity index (χ3v) is 3.09. The molecule has 0 unspecified atom stereocenters. The summed E-state index contributed by atoms with van der Waals surface area (Å²) < 4.78 is 5.23. The van der Waals surface area contributed by atoms with Gasteiger partial charge in [-0.1, -0.05) is 24.3 Å². The maximum absolute atomic E-state index is 12.0. The minimum absolute atomic E-state index is 0.209. The molecule has 0 amide bonds. The predicted octanol–water partition coefficient (Wildman–Crippen LogP) is 3.55. The summed E-state index contributed by atoms with van der Waals surface area (Å²) in [7, 11) is 0. The van der Waals surface area contributed by atoms with Crippen LogP contribution in [0.2, 0.25) is 0 Å². The number of hydrogen-bond donors (Lipinski definition) is 1. The van der Waals surface area contributed by atoms with E-state index in [4.69, 9.17) is 4.42 Å². The quantitative estimate of drug-likeness (QED) is 0.770. The van der Waals surface area contributed by atoms with Crippen LogP contribution in [0.25, 0.3) is 10.9 Å². The van der Waals surface area contributed by atoms with Crippen LogP contribution in [0.5, 0.6) is 0 Å². The Labute approximate surface area is 116 Å². The number of para-hydroxylation sites is 1. The molecule has 20 heavy (non-hydrogen) atoms. The minimum Gasteiger partial charge on any atom is -0.388 e. The Morgan fingerprint density at radius 2 is 1.85 bits per heavy atom. The van der Waals surface area contributed by atoms with Crippen molar-refractivity contribution < 1.29 is 4.42 Å². The number of hydrogen-bond acceptors (Lipinski definition) is 4. The number of fused-ring (bicyclic) bond motifs is 1. The van der Waals surface area contributed by atoms with Gasteiger partial charge in [0, 0.05) is 5.69 Å². The molecule has 0 bridgehead atoms. The molecule has 0 spiro atoms. The van der Waals surface area contributed by atoms with Gasteiger partial charge in [0.25, 0.3) is 0 Å². The molecular weight excluding hydrogens is 252 g/mol. The minimum atomic E-state index is -0.375. The number of aromatic nitrogens is 1. The monoisotopic (exact) mass is 266 g/mol. The van der Waals surface area contributed by atoms with E-state index in [1.165, 1.54) is 0 Å². The van der Waals surface area contributed by atoms with Gasteiger partial charge in [-0.05, 0) is 43.2 Å². The molecular formula is C16H14N2O2. The van der Waals surface area contributed by atoms with E-state index in [2.05, 4.69) is 10.3 Å². The summed E-state index contributed by atoms with van der Waals surface area (Å²) in [5.74, 6) is 0. The molecule has 0 aliphatic rings. The Balaban J connectivity index is 2.13. The topological polar surface area (TPSA) is 55.1 Å². The van der Waals surface area contributed by atoms with E-state index in [1.54, 1.807) is 6.07 Å². The highest BCUT2D eigenvalue weighted by molar-refractivity contribution is 5.82. The van der Waals surface area contributed by atoms with E-state index < -0.39 is 0 Å². The van der Waals surface area contributed by atoms with Gasteiger partial charge in [0.1, 0.15) is 0 Å². The molecule has 0 atom stereocenters. The van der Waals surface area contributed by atoms with Gasteiger partial charge in [-0.3, -0.25) is 0 Å². The molecule has 0 fully saturated rings. The molecule has 3 rings (SSSR count). The van der Waals surface area contributed by atoms with E-state index in [0.717, 1.165) is 16.8 Å². The molecule has 4 nitrogen and oxygen atoms in total. The fourth-order valence-electron chi connectivity index (χ4n) is 2.23. The van der Waals surface area contributed by atoms with Crippen LogP contribution in [0.15, 0.2) is 51.7 Å². The van der Waals surface area contributed by atoms with Gasteiger partial charge >= 0.3 is 11.6 Å². The summed E-state index contributed by atoms with van der Waals surface area (Å²) in [6.45, 7) is 3.89. The number of aryl methyl sites for hydroxylation is 2. The van der Waals surface area contributed by atoms with E-state index in [9.17, 15) is 4.79 Å². The largest absolute Gasteiger partial charge is 0.388 e. The molecule has 1 heterocycles. The third kappa shape index (κ3) is 2.28. The van der Waals surface area contributed by atoms with Crippen molar-refractivity contribution in [3.8, 4) is 0 Å². The van der Waals surface area contributed by atoms with Gasteiger partial charge in [0.05, 0.1) is 10.9 Å². The average molecular weight is 266 g/mol. The summed E-state index contributed by atoms with van der Waals surface area (Å²) in [4.78, 5) is 16.4. The lowest BCUT2D eigenvalue weighted by molar-refractivity contribution is 0.522. The van der Waals surface area contributed by atoms with Crippen LogP contribution in [0.1, 0.15) is 11.1 Å². The number of anilines is 2. The molecule has 4 heteroatoms. The van der Waals surface area contributed by atoms with Crippen LogP contribution < -0.4 is 10.9 Å². The summed E-state index contributed by atoms with van der Waals surface area (Å²) in [6.07, 6.45) is 0. The maximum Gasteiger partial charge on any atom is 0.348 e. The van der Waals surface area contributed by atoms with E-state index in [0.29, 0.717) is 10.9 Å². The van der Waals surface area contributed by atoms with Crippen LogP contribution in [-0.2, 0) is 0 Å². The van der Waals surface area contributed by atoms with E-state index in [-0.39, 0.29) is 11.6 Å². The molecule has 100 valence electrons. The summed E-state index contributed by atoms with van der Waals surface area (Å²) in [5.41, 5.74) is 3.11. The lowest BCUT2D eigenvalue weighted by Crippen LogP contribution is -2.06. The van der Waals surface area contributed by atoms with Crippen molar-refractivity contribution in [1.29, 1.82) is 0 Å². The molecule has 3 aromatic rings. The second kappa shape index (κ2) is 4.81. The highest BCUT2D eigenvalue weighted by Crippen LogP contribution is 2.19. The lowest BCUT2D eigenvalue weighted by atomic mass is 10.1. The third-order valence-electron chi connectivity index (χ3n) is 3.09. The highest BCUT2D eigenvalue weighted by Gasteiger charge is 2.09. The van der Waals surface area contributed by atoms with Crippen molar-refractivity contribution in [3.63, 3.8) is 0 Å². The zero-order valence-corrected chi connectivity index (χ0v) is 11.3. The predicted molar refractivity (Wildman–Crippen MR) is 79.5 cm³/mol. The lowest BCUT2D eigenvalue weighted by Gasteiger charge is -2.06. The maximum atomic E-state index is 12.0. The smallest absolute Gasteiger partial charge is 0.348 e. The van der Waals surface area contributed by atoms with Gasteiger partial charge in [0.2, 0.25) is 0 Å². The van der Waals surface area contributed by atoms with E-state index >= 15 is 0 Å². The molecule has 0 radical (unpaired) electrons. The van der Waals surface area contributed by atoms with Gasteiger partial charge in [-0.2, -0.15) is 4.98 Å². The van der Waals surface area contributed by atoms with Crippen molar-refractivity contribution >= 4 is 22.6 Å².